The molecule has 1 N–H and O–H groups in total. The summed E-state index contributed by atoms with van der Waals surface area (Å²) in [4.78, 5) is 26.4. The quantitative estimate of drug-likeness (QED) is 0.339. The number of ether oxygens (including phenoxy) is 1. The van der Waals surface area contributed by atoms with Gasteiger partial charge in [0.05, 0.1) is 42.4 Å². The van der Waals surface area contributed by atoms with Crippen LogP contribution in [-0.4, -0.2) is 80.5 Å². The van der Waals surface area contributed by atoms with Crippen LogP contribution >= 0.6 is 0 Å². The second kappa shape index (κ2) is 11.3. The number of nitrogens with zero attached hydrogens (tertiary/aromatic N) is 7. The summed E-state index contributed by atoms with van der Waals surface area (Å²) in [6.07, 6.45) is 6.36. The summed E-state index contributed by atoms with van der Waals surface area (Å²) < 4.78 is 12.5. The number of benzene rings is 1. The van der Waals surface area contributed by atoms with Gasteiger partial charge >= 0.3 is 0 Å². The van der Waals surface area contributed by atoms with Crippen LogP contribution in [0.4, 0.5) is 5.69 Å². The van der Waals surface area contributed by atoms with Crippen molar-refractivity contribution in [3.63, 3.8) is 0 Å². The molecule has 0 bridgehead atoms. The van der Waals surface area contributed by atoms with Crippen molar-refractivity contribution < 1.29 is 14.1 Å². The second-order valence-electron chi connectivity index (χ2n) is 10.8. The molecule has 0 unspecified atom stereocenters. The van der Waals surface area contributed by atoms with Crippen LogP contribution in [0.3, 0.4) is 0 Å². The highest BCUT2D eigenvalue weighted by molar-refractivity contribution is 5.90. The molecule has 2 saturated heterocycles. The van der Waals surface area contributed by atoms with E-state index in [0.717, 1.165) is 79.3 Å². The Morgan fingerprint density at radius 1 is 1.20 bits per heavy atom. The van der Waals surface area contributed by atoms with Crippen LogP contribution in [0, 0.1) is 6.92 Å². The summed E-state index contributed by atoms with van der Waals surface area (Å²) in [5.41, 5.74) is 6.08. The average molecular weight is 545 g/mol. The molecular weight excluding hydrogens is 508 g/mol. The van der Waals surface area contributed by atoms with Crippen LogP contribution in [0.25, 0.3) is 16.8 Å². The van der Waals surface area contributed by atoms with Gasteiger partial charge < -0.3 is 19.5 Å². The van der Waals surface area contributed by atoms with Crippen molar-refractivity contribution in [1.29, 1.82) is 0 Å². The maximum atomic E-state index is 12.5. The predicted molar refractivity (Wildman–Crippen MR) is 150 cm³/mol. The molecule has 2 aliphatic heterocycles. The van der Waals surface area contributed by atoms with E-state index in [1.807, 2.05) is 23.6 Å². The SMILES string of the molecule is CCCCc1nc(C(=O)NCc2ccc(-c3ncnn4cc(N5CCN(C6COC6)C[C@@H]5C)cc34)cc2C)no1. The van der Waals surface area contributed by atoms with Gasteiger partial charge in [0.25, 0.3) is 11.7 Å². The monoisotopic (exact) mass is 544 g/mol. The van der Waals surface area contributed by atoms with E-state index < -0.39 is 0 Å². The molecule has 4 aromatic rings. The Hall–Kier alpha value is -3.83. The van der Waals surface area contributed by atoms with E-state index in [9.17, 15) is 4.79 Å². The first-order chi connectivity index (χ1) is 19.5. The van der Waals surface area contributed by atoms with Crippen LogP contribution in [0.2, 0.25) is 0 Å². The van der Waals surface area contributed by atoms with Gasteiger partial charge in [0.2, 0.25) is 5.89 Å². The van der Waals surface area contributed by atoms with Crippen molar-refractivity contribution in [3.05, 3.63) is 59.6 Å². The van der Waals surface area contributed by atoms with Gasteiger partial charge in [-0.25, -0.2) is 9.50 Å². The summed E-state index contributed by atoms with van der Waals surface area (Å²) in [5.74, 6) is 0.225. The van der Waals surface area contributed by atoms with Crippen LogP contribution in [0.1, 0.15) is 54.3 Å². The lowest BCUT2D eigenvalue weighted by atomic mass is 10.0. The molecule has 11 nitrogen and oxygen atoms in total. The number of unbranched alkanes of at least 4 members (excludes halogenated alkanes) is 1. The molecular formula is C29H36N8O3. The summed E-state index contributed by atoms with van der Waals surface area (Å²) in [5, 5.41) is 11.2. The van der Waals surface area contributed by atoms with E-state index in [2.05, 4.69) is 67.5 Å². The molecule has 11 heteroatoms. The van der Waals surface area contributed by atoms with Crippen molar-refractivity contribution in [1.82, 2.24) is 35.0 Å². The molecule has 1 aromatic carbocycles. The van der Waals surface area contributed by atoms with E-state index in [-0.39, 0.29) is 11.7 Å². The van der Waals surface area contributed by atoms with Gasteiger partial charge in [-0.2, -0.15) is 10.1 Å². The number of aryl methyl sites for hydroxylation is 2. The van der Waals surface area contributed by atoms with Crippen molar-refractivity contribution in [2.45, 2.75) is 58.7 Å². The first kappa shape index (κ1) is 26.4. The molecule has 1 amide bonds. The second-order valence-corrected chi connectivity index (χ2v) is 10.8. The van der Waals surface area contributed by atoms with Gasteiger partial charge in [0, 0.05) is 44.2 Å². The highest BCUT2D eigenvalue weighted by Gasteiger charge is 2.32. The molecule has 2 fully saturated rings. The molecule has 0 saturated carbocycles. The maximum absolute atomic E-state index is 12.5. The third-order valence-electron chi connectivity index (χ3n) is 7.99. The van der Waals surface area contributed by atoms with Gasteiger partial charge in [-0.15, -0.1) is 0 Å². The standard InChI is InChI=1S/C29H36N8O3/c1-4-5-6-26-33-28(34-40-26)29(38)30-13-22-8-7-21(11-19(22)2)27-25-12-23(15-37(25)32-18-31-27)36-10-9-35(14-20(36)3)24-16-39-17-24/h7-8,11-12,15,18,20,24H,4-6,9-10,13-14,16-17H2,1-3H3,(H,30,38)/t20-/m0/s1. The van der Waals surface area contributed by atoms with Gasteiger partial charge in [-0.3, -0.25) is 9.69 Å². The zero-order valence-electron chi connectivity index (χ0n) is 23.3. The van der Waals surface area contributed by atoms with Crippen molar-refractivity contribution >= 4 is 17.1 Å². The summed E-state index contributed by atoms with van der Waals surface area (Å²) >= 11 is 0. The Kier molecular flexibility index (Phi) is 7.48. The van der Waals surface area contributed by atoms with Crippen LogP contribution in [0.5, 0.6) is 0 Å². The Morgan fingerprint density at radius 3 is 2.83 bits per heavy atom. The molecule has 5 heterocycles. The summed E-state index contributed by atoms with van der Waals surface area (Å²) in [7, 11) is 0. The molecule has 0 spiro atoms. The van der Waals surface area contributed by atoms with Gasteiger partial charge in [0.1, 0.15) is 6.33 Å². The number of aromatic nitrogens is 5. The van der Waals surface area contributed by atoms with E-state index in [1.54, 1.807) is 6.33 Å². The number of hydrogen-bond acceptors (Lipinski definition) is 9. The van der Waals surface area contributed by atoms with E-state index in [4.69, 9.17) is 9.26 Å². The number of anilines is 1. The molecule has 0 radical (unpaired) electrons. The van der Waals surface area contributed by atoms with Crippen LogP contribution in [0.15, 0.2) is 41.3 Å². The molecule has 2 aliphatic rings. The lowest BCUT2D eigenvalue weighted by Gasteiger charge is -2.46. The largest absolute Gasteiger partial charge is 0.378 e. The van der Waals surface area contributed by atoms with Gasteiger partial charge in [-0.05, 0) is 43.5 Å². The number of hydrogen-bond donors (Lipinski definition) is 1. The minimum absolute atomic E-state index is 0.0700. The number of amides is 1. The fraction of sp³-hybridized carbons (Fsp3) is 0.483. The zero-order valence-corrected chi connectivity index (χ0v) is 23.3. The molecule has 0 aliphatic carbocycles. The van der Waals surface area contributed by atoms with E-state index in [0.29, 0.717) is 30.9 Å². The Balaban J connectivity index is 1.15. The minimum atomic E-state index is -0.343. The fourth-order valence-electron chi connectivity index (χ4n) is 5.50. The Morgan fingerprint density at radius 2 is 2.08 bits per heavy atom. The number of nitrogens with one attached hydrogen (secondary N) is 1. The average Bonchev–Trinajstić information content (AvgIpc) is 3.57. The van der Waals surface area contributed by atoms with Gasteiger partial charge in [0.15, 0.2) is 0 Å². The molecule has 210 valence electrons. The first-order valence-electron chi connectivity index (χ1n) is 14.1. The third kappa shape index (κ3) is 5.31. The zero-order chi connectivity index (χ0) is 27.6. The molecule has 40 heavy (non-hydrogen) atoms. The summed E-state index contributed by atoms with van der Waals surface area (Å²) in [6, 6.07) is 9.34. The number of rotatable bonds is 9. The Labute approximate surface area is 233 Å². The van der Waals surface area contributed by atoms with E-state index in [1.165, 1.54) is 0 Å². The smallest absolute Gasteiger partial charge is 0.292 e. The van der Waals surface area contributed by atoms with Crippen molar-refractivity contribution in [3.8, 4) is 11.3 Å². The normalized spacial score (nSPS) is 18.3. The highest BCUT2D eigenvalue weighted by atomic mass is 16.5. The summed E-state index contributed by atoms with van der Waals surface area (Å²) in [6.45, 7) is 11.5. The Bertz CT molecular complexity index is 1490. The van der Waals surface area contributed by atoms with Crippen molar-refractivity contribution in [2.24, 2.45) is 0 Å². The van der Waals surface area contributed by atoms with Crippen molar-refractivity contribution in [2.75, 3.05) is 37.7 Å². The van der Waals surface area contributed by atoms with E-state index >= 15 is 0 Å². The van der Waals surface area contributed by atoms with Crippen LogP contribution < -0.4 is 10.2 Å². The number of carbonyl (C=O) groups excluding carboxylic acids is 1. The van der Waals surface area contributed by atoms with Gasteiger partial charge in [-0.1, -0.05) is 30.6 Å². The lowest BCUT2D eigenvalue weighted by molar-refractivity contribution is -0.0691. The molecule has 3 aromatic heterocycles. The fourth-order valence-corrected chi connectivity index (χ4v) is 5.50. The lowest BCUT2D eigenvalue weighted by Crippen LogP contribution is -2.59. The molecule has 6 rings (SSSR count). The maximum Gasteiger partial charge on any atom is 0.292 e. The number of fused-ring (bicyclic) bond motifs is 1. The number of piperazine rings is 1. The predicted octanol–water partition coefficient (Wildman–Crippen LogP) is 3.27. The topological polar surface area (TPSA) is 114 Å². The third-order valence-corrected chi connectivity index (χ3v) is 7.99. The molecule has 1 atom stereocenters. The highest BCUT2D eigenvalue weighted by Crippen LogP contribution is 2.30. The van der Waals surface area contributed by atoms with Crippen LogP contribution in [-0.2, 0) is 17.7 Å². The first-order valence-corrected chi connectivity index (χ1v) is 14.1. The minimum Gasteiger partial charge on any atom is -0.378 e. The number of carbonyl (C=O) groups is 1.